The van der Waals surface area contributed by atoms with Gasteiger partial charge in [0.05, 0.1) is 20.3 Å². The van der Waals surface area contributed by atoms with Gasteiger partial charge in [0, 0.05) is 13.1 Å². The van der Waals surface area contributed by atoms with E-state index in [-0.39, 0.29) is 12.5 Å². The lowest BCUT2D eigenvalue weighted by molar-refractivity contribution is -0.162. The lowest BCUT2D eigenvalue weighted by Gasteiger charge is -2.28. The monoisotopic (exact) mass is 363 g/mol. The van der Waals surface area contributed by atoms with Crippen LogP contribution in [-0.4, -0.2) is 62.9 Å². The molecule has 142 valence electrons. The molecular weight excluding hydrogens is 338 g/mol. The second-order valence-electron chi connectivity index (χ2n) is 5.77. The van der Waals surface area contributed by atoms with Crippen LogP contribution in [0.2, 0.25) is 0 Å². The molecule has 1 aromatic rings. The third kappa shape index (κ3) is 5.49. The number of hydrogen-bond donors (Lipinski definition) is 0. The van der Waals surface area contributed by atoms with Crippen LogP contribution in [0.5, 0.6) is 11.5 Å². The van der Waals surface area contributed by atoms with Gasteiger partial charge in [-0.15, -0.1) is 0 Å². The molecule has 0 spiro atoms. The summed E-state index contributed by atoms with van der Waals surface area (Å²) in [4.78, 5) is 25.9. The molecule has 26 heavy (non-hydrogen) atoms. The van der Waals surface area contributed by atoms with Gasteiger partial charge in [-0.3, -0.25) is 4.79 Å². The van der Waals surface area contributed by atoms with Gasteiger partial charge < -0.3 is 23.8 Å². The maximum absolute atomic E-state index is 12.2. The number of rotatable bonds is 7. The second kappa shape index (κ2) is 9.82. The highest BCUT2D eigenvalue weighted by Gasteiger charge is 2.25. The summed E-state index contributed by atoms with van der Waals surface area (Å²) in [5.41, 5.74) is 0.962. The number of carbonyl (C=O) groups excluding carboxylic acids is 2. The molecule has 1 atom stereocenters. The average molecular weight is 363 g/mol. The van der Waals surface area contributed by atoms with Gasteiger partial charge in [0.15, 0.2) is 24.2 Å². The van der Waals surface area contributed by atoms with Gasteiger partial charge in [0.1, 0.15) is 0 Å². The zero-order chi connectivity index (χ0) is 18.9. The van der Waals surface area contributed by atoms with Crippen molar-refractivity contribution in [3.63, 3.8) is 0 Å². The molecular formula is C19H25NO6. The quantitative estimate of drug-likeness (QED) is 0.689. The Bertz CT molecular complexity index is 651. The number of benzene rings is 1. The molecule has 1 aliphatic rings. The molecule has 7 heteroatoms. The highest BCUT2D eigenvalue weighted by Crippen LogP contribution is 2.28. The first kappa shape index (κ1) is 19.8. The molecule has 7 nitrogen and oxygen atoms in total. The third-order valence-electron chi connectivity index (χ3n) is 3.87. The molecule has 1 unspecified atom stereocenters. The van der Waals surface area contributed by atoms with Crippen LogP contribution in [-0.2, 0) is 19.1 Å². The molecule has 1 amide bonds. The summed E-state index contributed by atoms with van der Waals surface area (Å²) < 4.78 is 21.1. The number of nitrogens with zero attached hydrogens (tertiary/aromatic N) is 1. The van der Waals surface area contributed by atoms with E-state index < -0.39 is 12.1 Å². The fourth-order valence-corrected chi connectivity index (χ4v) is 2.56. The molecule has 1 saturated heterocycles. The van der Waals surface area contributed by atoms with Crippen molar-refractivity contribution in [1.29, 1.82) is 0 Å². The van der Waals surface area contributed by atoms with Crippen molar-refractivity contribution in [2.45, 2.75) is 20.0 Å². The number of esters is 1. The molecule has 1 aliphatic heterocycles. The Morgan fingerprint density at radius 3 is 2.65 bits per heavy atom. The maximum Gasteiger partial charge on any atom is 0.344 e. The van der Waals surface area contributed by atoms with Gasteiger partial charge >= 0.3 is 5.97 Å². The SMILES string of the molecule is CC=Cc1ccc(OCC(=O)OC(C)C(=O)N2CCOCC2)c(OC)c1. The highest BCUT2D eigenvalue weighted by molar-refractivity contribution is 5.83. The molecule has 2 rings (SSSR count). The molecule has 0 aliphatic carbocycles. The van der Waals surface area contributed by atoms with Crippen LogP contribution in [0, 0.1) is 0 Å². The predicted octanol–water partition coefficient (Wildman–Crippen LogP) is 1.90. The highest BCUT2D eigenvalue weighted by atomic mass is 16.6. The van der Waals surface area contributed by atoms with E-state index in [2.05, 4.69) is 0 Å². The first-order chi connectivity index (χ1) is 12.5. The minimum absolute atomic E-state index is 0.227. The van der Waals surface area contributed by atoms with Crippen LogP contribution >= 0.6 is 0 Å². The molecule has 0 N–H and O–H groups in total. The summed E-state index contributed by atoms with van der Waals surface area (Å²) >= 11 is 0. The van der Waals surface area contributed by atoms with Crippen LogP contribution in [0.4, 0.5) is 0 Å². The fraction of sp³-hybridized carbons (Fsp3) is 0.474. The molecule has 1 aromatic carbocycles. The molecule has 0 saturated carbocycles. The number of morpholine rings is 1. The van der Waals surface area contributed by atoms with Crippen molar-refractivity contribution >= 4 is 18.0 Å². The lowest BCUT2D eigenvalue weighted by atomic mass is 10.2. The van der Waals surface area contributed by atoms with E-state index in [1.54, 1.807) is 17.9 Å². The van der Waals surface area contributed by atoms with E-state index in [0.29, 0.717) is 37.8 Å². The summed E-state index contributed by atoms with van der Waals surface area (Å²) in [6, 6.07) is 5.39. The van der Waals surface area contributed by atoms with Crippen molar-refractivity contribution in [2.75, 3.05) is 40.0 Å². The van der Waals surface area contributed by atoms with Gasteiger partial charge in [-0.05, 0) is 31.5 Å². The van der Waals surface area contributed by atoms with E-state index in [1.807, 2.05) is 31.2 Å². The van der Waals surface area contributed by atoms with E-state index in [0.717, 1.165) is 5.56 Å². The van der Waals surface area contributed by atoms with Crippen molar-refractivity contribution in [1.82, 2.24) is 4.90 Å². The minimum atomic E-state index is -0.858. The Morgan fingerprint density at radius 1 is 1.27 bits per heavy atom. The number of allylic oxidation sites excluding steroid dienone is 1. The molecule has 1 fully saturated rings. The number of carbonyl (C=O) groups is 2. The molecule has 0 radical (unpaired) electrons. The standard InChI is InChI=1S/C19H25NO6/c1-4-5-15-6-7-16(17(12-15)23-3)25-13-18(21)26-14(2)19(22)20-8-10-24-11-9-20/h4-7,12,14H,8-11,13H2,1-3H3. The number of hydrogen-bond acceptors (Lipinski definition) is 6. The Kier molecular flexibility index (Phi) is 7.47. The van der Waals surface area contributed by atoms with Crippen LogP contribution in [0.1, 0.15) is 19.4 Å². The average Bonchev–Trinajstić information content (AvgIpc) is 2.67. The van der Waals surface area contributed by atoms with Crippen molar-refractivity contribution in [2.24, 2.45) is 0 Å². The minimum Gasteiger partial charge on any atom is -0.493 e. The van der Waals surface area contributed by atoms with E-state index in [1.165, 1.54) is 7.11 Å². The van der Waals surface area contributed by atoms with Crippen LogP contribution < -0.4 is 9.47 Å². The lowest BCUT2D eigenvalue weighted by Crippen LogP contribution is -2.46. The maximum atomic E-state index is 12.2. The Labute approximate surface area is 153 Å². The van der Waals surface area contributed by atoms with Crippen molar-refractivity contribution in [3.8, 4) is 11.5 Å². The number of amides is 1. The van der Waals surface area contributed by atoms with Gasteiger partial charge in [0.2, 0.25) is 0 Å². The third-order valence-corrected chi connectivity index (χ3v) is 3.87. The van der Waals surface area contributed by atoms with Gasteiger partial charge in [-0.25, -0.2) is 4.79 Å². The number of ether oxygens (including phenoxy) is 4. The summed E-state index contributed by atoms with van der Waals surface area (Å²) in [7, 11) is 1.53. The Balaban J connectivity index is 1.87. The smallest absolute Gasteiger partial charge is 0.344 e. The summed E-state index contributed by atoms with van der Waals surface area (Å²) in [6.45, 7) is 5.19. The van der Waals surface area contributed by atoms with Gasteiger partial charge in [-0.1, -0.05) is 18.2 Å². The zero-order valence-corrected chi connectivity index (χ0v) is 15.4. The van der Waals surface area contributed by atoms with Crippen LogP contribution in [0.3, 0.4) is 0 Å². The topological polar surface area (TPSA) is 74.3 Å². The Hall–Kier alpha value is -2.54. The number of methoxy groups -OCH3 is 1. The second-order valence-corrected chi connectivity index (χ2v) is 5.77. The summed E-state index contributed by atoms with van der Waals surface area (Å²) in [5, 5.41) is 0. The van der Waals surface area contributed by atoms with Crippen molar-refractivity contribution in [3.05, 3.63) is 29.8 Å². The van der Waals surface area contributed by atoms with E-state index in [9.17, 15) is 9.59 Å². The fourth-order valence-electron chi connectivity index (χ4n) is 2.56. The Morgan fingerprint density at radius 2 is 2.00 bits per heavy atom. The summed E-state index contributed by atoms with van der Waals surface area (Å²) in [5.74, 6) is 0.115. The zero-order valence-electron chi connectivity index (χ0n) is 15.4. The van der Waals surface area contributed by atoms with Crippen LogP contribution in [0.15, 0.2) is 24.3 Å². The van der Waals surface area contributed by atoms with Gasteiger partial charge in [-0.2, -0.15) is 0 Å². The molecule has 1 heterocycles. The molecule has 0 bridgehead atoms. The first-order valence-electron chi connectivity index (χ1n) is 8.54. The first-order valence-corrected chi connectivity index (χ1v) is 8.54. The van der Waals surface area contributed by atoms with Gasteiger partial charge in [0.25, 0.3) is 5.91 Å². The van der Waals surface area contributed by atoms with E-state index in [4.69, 9.17) is 18.9 Å². The van der Waals surface area contributed by atoms with Crippen molar-refractivity contribution < 1.29 is 28.5 Å². The normalized spacial score (nSPS) is 15.6. The summed E-state index contributed by atoms with van der Waals surface area (Å²) in [6.07, 6.45) is 2.99. The van der Waals surface area contributed by atoms with Crippen LogP contribution in [0.25, 0.3) is 6.08 Å². The molecule has 0 aromatic heterocycles. The largest absolute Gasteiger partial charge is 0.493 e. The predicted molar refractivity (Wildman–Crippen MR) is 96.2 cm³/mol. The van der Waals surface area contributed by atoms with E-state index >= 15 is 0 Å².